The number of amides is 2. The molecule has 1 aromatic carbocycles. The Morgan fingerprint density at radius 1 is 1.05 bits per heavy atom. The summed E-state index contributed by atoms with van der Waals surface area (Å²) in [5.41, 5.74) is 1.36. The molecule has 1 unspecified atom stereocenters. The molecule has 0 spiro atoms. The number of hydrogen-bond donors (Lipinski definition) is 2. The van der Waals surface area contributed by atoms with E-state index in [4.69, 9.17) is 11.6 Å². The highest BCUT2D eigenvalue weighted by atomic mass is 35.5. The van der Waals surface area contributed by atoms with Crippen molar-refractivity contribution < 1.29 is 9.59 Å². The van der Waals surface area contributed by atoms with Crippen LogP contribution >= 0.6 is 11.6 Å². The number of anilines is 2. The Morgan fingerprint density at radius 2 is 1.53 bits per heavy atom. The lowest BCUT2D eigenvalue weighted by Gasteiger charge is -2.09. The summed E-state index contributed by atoms with van der Waals surface area (Å²) in [5, 5.41) is 4.89. The van der Waals surface area contributed by atoms with Gasteiger partial charge in [0.05, 0.1) is 0 Å². The van der Waals surface area contributed by atoms with Gasteiger partial charge in [0.1, 0.15) is 5.38 Å². The second-order valence-electron chi connectivity index (χ2n) is 4.83. The van der Waals surface area contributed by atoms with Gasteiger partial charge < -0.3 is 10.6 Å². The number of nitrogens with one attached hydrogen (secondary N) is 2. The van der Waals surface area contributed by atoms with Crippen molar-refractivity contribution in [3.63, 3.8) is 0 Å². The molecule has 0 saturated carbocycles. The van der Waals surface area contributed by atoms with Crippen molar-refractivity contribution in [2.24, 2.45) is 5.92 Å². The fourth-order valence-electron chi connectivity index (χ4n) is 1.46. The SMILES string of the molecule is CC(C)CC(=O)Nc1ccc(NC(=O)C(C)Cl)cc1. The van der Waals surface area contributed by atoms with Gasteiger partial charge in [0.25, 0.3) is 0 Å². The molecule has 5 heteroatoms. The summed E-state index contributed by atoms with van der Waals surface area (Å²) in [4.78, 5) is 23.0. The molecule has 0 heterocycles. The summed E-state index contributed by atoms with van der Waals surface area (Å²) in [7, 11) is 0. The first-order valence-electron chi connectivity index (χ1n) is 6.23. The van der Waals surface area contributed by atoms with E-state index in [0.29, 0.717) is 23.7 Å². The Morgan fingerprint density at radius 3 is 1.95 bits per heavy atom. The highest BCUT2D eigenvalue weighted by Crippen LogP contribution is 2.15. The molecule has 0 radical (unpaired) electrons. The van der Waals surface area contributed by atoms with E-state index in [2.05, 4.69) is 10.6 Å². The van der Waals surface area contributed by atoms with Crippen LogP contribution in [0.2, 0.25) is 0 Å². The second kappa shape index (κ2) is 7.14. The number of carbonyl (C=O) groups excluding carboxylic acids is 2. The summed E-state index contributed by atoms with van der Waals surface area (Å²) in [6.07, 6.45) is 0.488. The lowest BCUT2D eigenvalue weighted by molar-refractivity contribution is -0.117. The number of rotatable bonds is 5. The first kappa shape index (κ1) is 15.5. The topological polar surface area (TPSA) is 58.2 Å². The van der Waals surface area contributed by atoms with Crippen molar-refractivity contribution in [1.82, 2.24) is 0 Å². The van der Waals surface area contributed by atoms with Gasteiger partial charge in [-0.2, -0.15) is 0 Å². The molecule has 0 aliphatic heterocycles. The van der Waals surface area contributed by atoms with Gasteiger partial charge in [-0.15, -0.1) is 11.6 Å². The van der Waals surface area contributed by atoms with Crippen LogP contribution in [0.1, 0.15) is 27.2 Å². The maximum absolute atomic E-state index is 11.6. The minimum Gasteiger partial charge on any atom is -0.326 e. The first-order chi connectivity index (χ1) is 8.88. The summed E-state index contributed by atoms with van der Waals surface area (Å²) in [6, 6.07) is 6.93. The monoisotopic (exact) mass is 282 g/mol. The third kappa shape index (κ3) is 5.75. The Labute approximate surface area is 118 Å². The van der Waals surface area contributed by atoms with Crippen molar-refractivity contribution in [2.45, 2.75) is 32.6 Å². The number of benzene rings is 1. The van der Waals surface area contributed by atoms with E-state index in [1.54, 1.807) is 31.2 Å². The van der Waals surface area contributed by atoms with Crippen molar-refractivity contribution in [3.8, 4) is 0 Å². The molecule has 1 rings (SSSR count). The number of carbonyl (C=O) groups is 2. The second-order valence-corrected chi connectivity index (χ2v) is 5.48. The summed E-state index contributed by atoms with van der Waals surface area (Å²) >= 11 is 5.66. The Hall–Kier alpha value is -1.55. The zero-order chi connectivity index (χ0) is 14.4. The van der Waals surface area contributed by atoms with Crippen LogP contribution in [-0.4, -0.2) is 17.2 Å². The average molecular weight is 283 g/mol. The molecule has 1 aromatic rings. The van der Waals surface area contributed by atoms with Gasteiger partial charge in [-0.3, -0.25) is 9.59 Å². The quantitative estimate of drug-likeness (QED) is 0.815. The number of alkyl halides is 1. The van der Waals surface area contributed by atoms with Crippen LogP contribution in [0.4, 0.5) is 11.4 Å². The lowest BCUT2D eigenvalue weighted by Crippen LogP contribution is -2.20. The molecule has 19 heavy (non-hydrogen) atoms. The van der Waals surface area contributed by atoms with Gasteiger partial charge in [0, 0.05) is 17.8 Å². The molecule has 0 aliphatic rings. The molecule has 0 aromatic heterocycles. The van der Waals surface area contributed by atoms with E-state index in [0.717, 1.165) is 0 Å². The number of hydrogen-bond acceptors (Lipinski definition) is 2. The van der Waals surface area contributed by atoms with Crippen molar-refractivity contribution in [3.05, 3.63) is 24.3 Å². The van der Waals surface area contributed by atoms with Gasteiger partial charge in [0.2, 0.25) is 11.8 Å². The fourth-order valence-corrected chi connectivity index (χ4v) is 1.52. The third-order valence-electron chi connectivity index (χ3n) is 2.39. The molecule has 0 bridgehead atoms. The van der Waals surface area contributed by atoms with Gasteiger partial charge in [-0.05, 0) is 37.1 Å². The standard InChI is InChI=1S/C14H19ClN2O2/c1-9(2)8-13(18)16-11-4-6-12(7-5-11)17-14(19)10(3)15/h4-7,9-10H,8H2,1-3H3,(H,16,18)(H,17,19). The maximum Gasteiger partial charge on any atom is 0.242 e. The van der Waals surface area contributed by atoms with E-state index in [1.807, 2.05) is 13.8 Å². The van der Waals surface area contributed by atoms with Crippen LogP contribution in [0.25, 0.3) is 0 Å². The highest BCUT2D eigenvalue weighted by molar-refractivity contribution is 6.32. The molecule has 1 atom stereocenters. The fraction of sp³-hybridized carbons (Fsp3) is 0.429. The van der Waals surface area contributed by atoms with Crippen molar-refractivity contribution in [2.75, 3.05) is 10.6 Å². The Bertz CT molecular complexity index is 441. The molecule has 2 N–H and O–H groups in total. The van der Waals surface area contributed by atoms with Crippen LogP contribution < -0.4 is 10.6 Å². The molecule has 4 nitrogen and oxygen atoms in total. The van der Waals surface area contributed by atoms with E-state index < -0.39 is 5.38 Å². The molecular formula is C14H19ClN2O2. The van der Waals surface area contributed by atoms with Crippen molar-refractivity contribution >= 4 is 34.8 Å². The van der Waals surface area contributed by atoms with Gasteiger partial charge >= 0.3 is 0 Å². The summed E-state index contributed by atoms with van der Waals surface area (Å²) < 4.78 is 0. The highest BCUT2D eigenvalue weighted by Gasteiger charge is 2.09. The zero-order valence-corrected chi connectivity index (χ0v) is 12.1. The summed E-state index contributed by atoms with van der Waals surface area (Å²) in [6.45, 7) is 5.59. The minimum absolute atomic E-state index is 0.0128. The maximum atomic E-state index is 11.6. The summed E-state index contributed by atoms with van der Waals surface area (Å²) in [5.74, 6) is 0.0585. The van der Waals surface area contributed by atoms with Gasteiger partial charge in [-0.1, -0.05) is 13.8 Å². The molecule has 0 fully saturated rings. The zero-order valence-electron chi connectivity index (χ0n) is 11.4. The third-order valence-corrected chi connectivity index (χ3v) is 2.59. The lowest BCUT2D eigenvalue weighted by atomic mass is 10.1. The Kier molecular flexibility index (Phi) is 5.83. The normalized spacial score (nSPS) is 12.1. The molecule has 2 amide bonds. The average Bonchev–Trinajstić information content (AvgIpc) is 2.30. The van der Waals surface area contributed by atoms with E-state index in [1.165, 1.54) is 0 Å². The van der Waals surface area contributed by atoms with Gasteiger partial charge in [0.15, 0.2) is 0 Å². The molecule has 104 valence electrons. The minimum atomic E-state index is -0.578. The largest absolute Gasteiger partial charge is 0.326 e. The van der Waals surface area contributed by atoms with Crippen molar-refractivity contribution in [1.29, 1.82) is 0 Å². The molecule has 0 saturated heterocycles. The van der Waals surface area contributed by atoms with Crippen LogP contribution in [0.3, 0.4) is 0 Å². The predicted molar refractivity (Wildman–Crippen MR) is 78.5 cm³/mol. The Balaban J connectivity index is 2.57. The van der Waals surface area contributed by atoms with E-state index >= 15 is 0 Å². The van der Waals surface area contributed by atoms with Crippen LogP contribution in [0.15, 0.2) is 24.3 Å². The van der Waals surface area contributed by atoms with E-state index in [-0.39, 0.29) is 11.8 Å². The first-order valence-corrected chi connectivity index (χ1v) is 6.67. The van der Waals surface area contributed by atoms with Crippen LogP contribution in [-0.2, 0) is 9.59 Å². The molecular weight excluding hydrogens is 264 g/mol. The van der Waals surface area contributed by atoms with Crippen LogP contribution in [0.5, 0.6) is 0 Å². The van der Waals surface area contributed by atoms with Crippen LogP contribution in [0, 0.1) is 5.92 Å². The smallest absolute Gasteiger partial charge is 0.242 e. The molecule has 0 aliphatic carbocycles. The predicted octanol–water partition coefficient (Wildman–Crippen LogP) is 3.24. The van der Waals surface area contributed by atoms with Gasteiger partial charge in [-0.25, -0.2) is 0 Å². The van der Waals surface area contributed by atoms with E-state index in [9.17, 15) is 9.59 Å². The number of halogens is 1.